The predicted octanol–water partition coefficient (Wildman–Crippen LogP) is 2.60. The smallest absolute Gasteiger partial charge is 0.181 e. The molecule has 0 aliphatic rings. The van der Waals surface area contributed by atoms with Crippen LogP contribution in [0.25, 0.3) is 0 Å². The molecule has 0 amide bonds. The zero-order valence-corrected chi connectivity index (χ0v) is 9.34. The van der Waals surface area contributed by atoms with Gasteiger partial charge in [0.2, 0.25) is 0 Å². The van der Waals surface area contributed by atoms with Crippen LogP contribution in [0.15, 0.2) is 48.7 Å². The first-order chi connectivity index (χ1) is 8.27. The highest BCUT2D eigenvalue weighted by atomic mass is 16.3. The van der Waals surface area contributed by atoms with Crippen molar-refractivity contribution in [2.75, 3.05) is 0 Å². The molecule has 0 unspecified atom stereocenters. The van der Waals surface area contributed by atoms with Crippen molar-refractivity contribution < 1.29 is 9.90 Å². The number of nitrogens with zero attached hydrogens (tertiary/aromatic N) is 1. The highest BCUT2D eigenvalue weighted by molar-refractivity contribution is 5.94. The Morgan fingerprint density at radius 3 is 2.59 bits per heavy atom. The maximum absolute atomic E-state index is 11.8. The van der Waals surface area contributed by atoms with E-state index in [4.69, 9.17) is 0 Å². The minimum atomic E-state index is -0.00569. The summed E-state index contributed by atoms with van der Waals surface area (Å²) in [5.41, 5.74) is 1.26. The Labute approximate surface area is 99.8 Å². The van der Waals surface area contributed by atoms with Gasteiger partial charge in [-0.05, 0) is 30.2 Å². The zero-order valence-electron chi connectivity index (χ0n) is 9.34. The number of aromatic hydroxyl groups is 1. The summed E-state index contributed by atoms with van der Waals surface area (Å²) in [6, 6.07) is 12.3. The van der Waals surface area contributed by atoms with Crippen molar-refractivity contribution in [3.8, 4) is 5.75 Å². The molecule has 0 bridgehead atoms. The van der Waals surface area contributed by atoms with E-state index in [2.05, 4.69) is 4.98 Å². The van der Waals surface area contributed by atoms with E-state index in [1.807, 2.05) is 12.1 Å². The second-order valence-corrected chi connectivity index (χ2v) is 3.77. The maximum Gasteiger partial charge on any atom is 0.181 e. The fourth-order valence-corrected chi connectivity index (χ4v) is 1.63. The maximum atomic E-state index is 11.8. The van der Waals surface area contributed by atoms with Crippen LogP contribution in [0.2, 0.25) is 0 Å². The molecule has 1 aromatic carbocycles. The van der Waals surface area contributed by atoms with E-state index in [-0.39, 0.29) is 11.5 Å². The van der Waals surface area contributed by atoms with Crippen molar-refractivity contribution in [1.82, 2.24) is 4.98 Å². The van der Waals surface area contributed by atoms with Gasteiger partial charge in [0.05, 0.1) is 0 Å². The van der Waals surface area contributed by atoms with Gasteiger partial charge in [-0.2, -0.15) is 0 Å². The van der Waals surface area contributed by atoms with Gasteiger partial charge in [0.1, 0.15) is 11.4 Å². The Balaban J connectivity index is 2.00. The minimum Gasteiger partial charge on any atom is -0.508 e. The van der Waals surface area contributed by atoms with Crippen LogP contribution in [0.3, 0.4) is 0 Å². The number of carbonyl (C=O) groups excluding carboxylic acids is 1. The molecular formula is C14H13NO2. The number of phenols is 1. The summed E-state index contributed by atoms with van der Waals surface area (Å²) in [7, 11) is 0. The topological polar surface area (TPSA) is 50.2 Å². The lowest BCUT2D eigenvalue weighted by Gasteiger charge is -2.03. The Kier molecular flexibility index (Phi) is 3.50. The Hall–Kier alpha value is -2.16. The first kappa shape index (κ1) is 11.3. The second kappa shape index (κ2) is 5.25. The summed E-state index contributed by atoms with van der Waals surface area (Å²) < 4.78 is 0. The lowest BCUT2D eigenvalue weighted by Crippen LogP contribution is -2.03. The fraction of sp³-hybridized carbons (Fsp3) is 0.143. The van der Waals surface area contributed by atoms with E-state index in [0.29, 0.717) is 18.5 Å². The van der Waals surface area contributed by atoms with Crippen LogP contribution in [0.5, 0.6) is 5.75 Å². The number of carbonyl (C=O) groups is 1. The summed E-state index contributed by atoms with van der Waals surface area (Å²) in [5.74, 6) is 0.232. The average molecular weight is 227 g/mol. The van der Waals surface area contributed by atoms with Crippen LogP contribution in [-0.4, -0.2) is 15.9 Å². The number of aromatic nitrogens is 1. The molecule has 1 heterocycles. The summed E-state index contributed by atoms with van der Waals surface area (Å²) in [6.07, 6.45) is 2.49. The minimum absolute atomic E-state index is 0.00569. The third-order valence-electron chi connectivity index (χ3n) is 2.56. The first-order valence-corrected chi connectivity index (χ1v) is 5.48. The monoisotopic (exact) mass is 227 g/mol. The molecule has 0 saturated carbocycles. The SMILES string of the molecule is O=C(CCc1ccccc1O)c1ccccn1. The molecule has 2 rings (SSSR count). The summed E-state index contributed by atoms with van der Waals surface area (Å²) in [5, 5.41) is 9.57. The van der Waals surface area contributed by atoms with Crippen molar-refractivity contribution in [1.29, 1.82) is 0 Å². The molecule has 1 aromatic heterocycles. The zero-order chi connectivity index (χ0) is 12.1. The Bertz CT molecular complexity index is 509. The van der Waals surface area contributed by atoms with Gasteiger partial charge < -0.3 is 5.11 Å². The van der Waals surface area contributed by atoms with E-state index in [0.717, 1.165) is 5.56 Å². The van der Waals surface area contributed by atoms with Crippen molar-refractivity contribution in [2.24, 2.45) is 0 Å². The van der Waals surface area contributed by atoms with Gasteiger partial charge in [0.25, 0.3) is 0 Å². The molecule has 17 heavy (non-hydrogen) atoms. The molecule has 0 saturated heterocycles. The van der Waals surface area contributed by atoms with Crippen LogP contribution >= 0.6 is 0 Å². The van der Waals surface area contributed by atoms with Gasteiger partial charge in [0, 0.05) is 12.6 Å². The normalized spacial score (nSPS) is 10.1. The van der Waals surface area contributed by atoms with Crippen LogP contribution in [0, 0.1) is 0 Å². The third kappa shape index (κ3) is 2.91. The van der Waals surface area contributed by atoms with Gasteiger partial charge in [-0.25, -0.2) is 0 Å². The molecule has 1 N–H and O–H groups in total. The van der Waals surface area contributed by atoms with Gasteiger partial charge in [-0.3, -0.25) is 9.78 Å². The molecule has 3 nitrogen and oxygen atoms in total. The number of para-hydroxylation sites is 1. The molecule has 0 aliphatic carbocycles. The molecule has 0 fully saturated rings. The van der Waals surface area contributed by atoms with Crippen molar-refractivity contribution >= 4 is 5.78 Å². The van der Waals surface area contributed by atoms with E-state index in [9.17, 15) is 9.90 Å². The Morgan fingerprint density at radius 1 is 1.12 bits per heavy atom. The highest BCUT2D eigenvalue weighted by Gasteiger charge is 2.08. The molecule has 3 heteroatoms. The standard InChI is InChI=1S/C14H13NO2/c16-13-7-2-1-5-11(13)8-9-14(17)12-6-3-4-10-15-12/h1-7,10,16H,8-9H2. The molecule has 0 aliphatic heterocycles. The summed E-state index contributed by atoms with van der Waals surface area (Å²) in [4.78, 5) is 15.8. The number of hydrogen-bond donors (Lipinski definition) is 1. The number of Topliss-reactive ketones (excluding diaryl/α,β-unsaturated/α-hetero) is 1. The quantitative estimate of drug-likeness (QED) is 0.817. The lowest BCUT2D eigenvalue weighted by molar-refractivity contribution is 0.0978. The number of pyridine rings is 1. The van der Waals surface area contributed by atoms with Gasteiger partial charge in [-0.15, -0.1) is 0 Å². The lowest BCUT2D eigenvalue weighted by atomic mass is 10.1. The number of benzene rings is 1. The van der Waals surface area contributed by atoms with Crippen LogP contribution in [-0.2, 0) is 6.42 Å². The third-order valence-corrected chi connectivity index (χ3v) is 2.56. The largest absolute Gasteiger partial charge is 0.508 e. The summed E-state index contributed by atoms with van der Waals surface area (Å²) >= 11 is 0. The molecular weight excluding hydrogens is 214 g/mol. The highest BCUT2D eigenvalue weighted by Crippen LogP contribution is 2.17. The summed E-state index contributed by atoms with van der Waals surface area (Å²) in [6.45, 7) is 0. The van der Waals surface area contributed by atoms with Crippen molar-refractivity contribution in [3.63, 3.8) is 0 Å². The van der Waals surface area contributed by atoms with Crippen molar-refractivity contribution in [2.45, 2.75) is 12.8 Å². The van der Waals surface area contributed by atoms with Crippen LogP contribution in [0.4, 0.5) is 0 Å². The van der Waals surface area contributed by atoms with Gasteiger partial charge in [-0.1, -0.05) is 24.3 Å². The number of rotatable bonds is 4. The van der Waals surface area contributed by atoms with Crippen LogP contribution in [0.1, 0.15) is 22.5 Å². The first-order valence-electron chi connectivity index (χ1n) is 5.48. The van der Waals surface area contributed by atoms with E-state index < -0.39 is 0 Å². The Morgan fingerprint density at radius 2 is 1.88 bits per heavy atom. The number of phenolic OH excluding ortho intramolecular Hbond substituents is 1. The fourth-order valence-electron chi connectivity index (χ4n) is 1.63. The molecule has 0 spiro atoms. The molecule has 2 aromatic rings. The van der Waals surface area contributed by atoms with Gasteiger partial charge in [0.15, 0.2) is 5.78 Å². The van der Waals surface area contributed by atoms with E-state index in [1.165, 1.54) is 0 Å². The second-order valence-electron chi connectivity index (χ2n) is 3.77. The predicted molar refractivity (Wildman–Crippen MR) is 65.0 cm³/mol. The number of hydrogen-bond acceptors (Lipinski definition) is 3. The van der Waals surface area contributed by atoms with E-state index in [1.54, 1.807) is 36.5 Å². The van der Waals surface area contributed by atoms with Crippen LogP contribution < -0.4 is 0 Å². The molecule has 0 atom stereocenters. The number of ketones is 1. The van der Waals surface area contributed by atoms with E-state index >= 15 is 0 Å². The average Bonchev–Trinajstić information content (AvgIpc) is 2.38. The van der Waals surface area contributed by atoms with Crippen molar-refractivity contribution in [3.05, 3.63) is 59.9 Å². The number of aryl methyl sites for hydroxylation is 1. The molecule has 86 valence electrons. The van der Waals surface area contributed by atoms with Gasteiger partial charge >= 0.3 is 0 Å². The molecule has 0 radical (unpaired) electrons.